The summed E-state index contributed by atoms with van der Waals surface area (Å²) in [6.07, 6.45) is 6.78. The number of ketones is 1. The van der Waals surface area contributed by atoms with Crippen LogP contribution in [-0.2, 0) is 16.1 Å². The molecule has 3 rings (SSSR count). The normalized spacial score (nSPS) is 17.9. The van der Waals surface area contributed by atoms with Crippen LogP contribution in [0.5, 0.6) is 11.5 Å². The van der Waals surface area contributed by atoms with Gasteiger partial charge in [-0.1, -0.05) is 34.1 Å². The second-order valence-electron chi connectivity index (χ2n) is 7.87. The lowest BCUT2D eigenvalue weighted by Gasteiger charge is -2.16. The Kier molecular flexibility index (Phi) is 8.45. The molecule has 0 amide bonds. The number of fused-ring (bicyclic) bond motifs is 1. The van der Waals surface area contributed by atoms with Crippen molar-refractivity contribution in [1.82, 2.24) is 0 Å². The van der Waals surface area contributed by atoms with E-state index >= 15 is 0 Å². The number of aromatic hydroxyl groups is 1. The fourth-order valence-corrected chi connectivity index (χ4v) is 3.83. The average molecular weight is 505 g/mol. The van der Waals surface area contributed by atoms with E-state index in [4.69, 9.17) is 9.47 Å². The summed E-state index contributed by atoms with van der Waals surface area (Å²) in [5.74, 6) is -0.802. The SMILES string of the molecule is CC1CCCC(=O)CCCC=Cc2cc(OCc3ccc(Br)cc3F)cc(O)c2C(=O)O1. The van der Waals surface area contributed by atoms with Crippen LogP contribution in [0, 0.1) is 5.82 Å². The summed E-state index contributed by atoms with van der Waals surface area (Å²) in [6, 6.07) is 7.62. The molecular weight excluding hydrogens is 479 g/mol. The molecule has 1 unspecified atom stereocenters. The molecule has 0 spiro atoms. The highest BCUT2D eigenvalue weighted by Gasteiger charge is 2.21. The van der Waals surface area contributed by atoms with Crippen LogP contribution in [0.25, 0.3) is 6.08 Å². The molecule has 32 heavy (non-hydrogen) atoms. The first-order valence-electron chi connectivity index (χ1n) is 10.7. The lowest BCUT2D eigenvalue weighted by atomic mass is 10.0. The van der Waals surface area contributed by atoms with Gasteiger partial charge in [0.2, 0.25) is 0 Å². The molecule has 1 aliphatic heterocycles. The van der Waals surface area contributed by atoms with Crippen LogP contribution in [0.2, 0.25) is 0 Å². The highest BCUT2D eigenvalue weighted by Crippen LogP contribution is 2.31. The molecule has 170 valence electrons. The quantitative estimate of drug-likeness (QED) is 0.492. The fraction of sp³-hybridized carbons (Fsp3) is 0.360. The smallest absolute Gasteiger partial charge is 0.342 e. The number of allylic oxidation sites excluding steroid dienone is 1. The summed E-state index contributed by atoms with van der Waals surface area (Å²) in [4.78, 5) is 24.7. The Morgan fingerprint density at radius 2 is 1.97 bits per heavy atom. The third-order valence-electron chi connectivity index (χ3n) is 5.23. The van der Waals surface area contributed by atoms with Crippen molar-refractivity contribution in [3.05, 3.63) is 63.4 Å². The van der Waals surface area contributed by atoms with Crippen LogP contribution in [0.3, 0.4) is 0 Å². The maximum atomic E-state index is 14.1. The molecule has 1 N–H and O–H groups in total. The molecule has 5 nitrogen and oxygen atoms in total. The van der Waals surface area contributed by atoms with Crippen molar-refractivity contribution >= 4 is 33.8 Å². The van der Waals surface area contributed by atoms with Gasteiger partial charge in [0.05, 0.1) is 6.10 Å². The number of Topliss-reactive ketones (excluding diaryl/α,β-unsaturated/α-hetero) is 1. The zero-order chi connectivity index (χ0) is 23.1. The largest absolute Gasteiger partial charge is 0.507 e. The van der Waals surface area contributed by atoms with Gasteiger partial charge in [0.15, 0.2) is 0 Å². The molecule has 0 saturated heterocycles. The van der Waals surface area contributed by atoms with Crippen molar-refractivity contribution < 1.29 is 28.6 Å². The van der Waals surface area contributed by atoms with Gasteiger partial charge >= 0.3 is 5.97 Å². The minimum atomic E-state index is -0.636. The molecule has 0 radical (unpaired) electrons. The van der Waals surface area contributed by atoms with E-state index in [0.29, 0.717) is 53.5 Å². The summed E-state index contributed by atoms with van der Waals surface area (Å²) in [6.45, 7) is 1.73. The van der Waals surface area contributed by atoms with Crippen molar-refractivity contribution in [2.45, 2.75) is 58.2 Å². The van der Waals surface area contributed by atoms with Crippen LogP contribution in [-0.4, -0.2) is 23.0 Å². The molecule has 0 bridgehead atoms. The summed E-state index contributed by atoms with van der Waals surface area (Å²) >= 11 is 3.22. The Morgan fingerprint density at radius 3 is 2.75 bits per heavy atom. The van der Waals surface area contributed by atoms with E-state index in [9.17, 15) is 19.1 Å². The number of hydrogen-bond acceptors (Lipinski definition) is 5. The average Bonchev–Trinajstić information content (AvgIpc) is 2.72. The molecule has 0 saturated carbocycles. The third kappa shape index (κ3) is 6.66. The van der Waals surface area contributed by atoms with Gasteiger partial charge in [0.25, 0.3) is 0 Å². The predicted molar refractivity (Wildman–Crippen MR) is 123 cm³/mol. The molecule has 1 atom stereocenters. The van der Waals surface area contributed by atoms with Crippen molar-refractivity contribution in [2.24, 2.45) is 0 Å². The van der Waals surface area contributed by atoms with Gasteiger partial charge in [-0.25, -0.2) is 9.18 Å². The maximum absolute atomic E-state index is 14.1. The first-order chi connectivity index (χ1) is 15.3. The van der Waals surface area contributed by atoms with E-state index in [1.807, 2.05) is 6.08 Å². The second-order valence-corrected chi connectivity index (χ2v) is 8.79. The van der Waals surface area contributed by atoms with E-state index in [0.717, 1.165) is 6.42 Å². The number of carbonyl (C=O) groups is 2. The minimum Gasteiger partial charge on any atom is -0.507 e. The Labute approximate surface area is 195 Å². The van der Waals surface area contributed by atoms with Crippen molar-refractivity contribution in [1.29, 1.82) is 0 Å². The number of benzene rings is 2. The summed E-state index contributed by atoms with van der Waals surface area (Å²) in [7, 11) is 0. The molecule has 7 heteroatoms. The van der Waals surface area contributed by atoms with E-state index < -0.39 is 11.8 Å². The van der Waals surface area contributed by atoms with E-state index in [2.05, 4.69) is 15.9 Å². The number of carbonyl (C=O) groups excluding carboxylic acids is 2. The molecule has 0 aliphatic carbocycles. The van der Waals surface area contributed by atoms with Crippen LogP contribution >= 0.6 is 15.9 Å². The fourth-order valence-electron chi connectivity index (χ4n) is 3.50. The van der Waals surface area contributed by atoms with Gasteiger partial charge in [-0.3, -0.25) is 4.79 Å². The molecule has 1 aliphatic rings. The van der Waals surface area contributed by atoms with Crippen LogP contribution in [0.15, 0.2) is 40.9 Å². The van der Waals surface area contributed by atoms with E-state index in [1.54, 1.807) is 31.2 Å². The molecule has 2 aromatic carbocycles. The molecule has 0 aromatic heterocycles. The van der Waals surface area contributed by atoms with E-state index in [-0.39, 0.29) is 29.8 Å². The van der Waals surface area contributed by atoms with Crippen molar-refractivity contribution in [3.8, 4) is 11.5 Å². The predicted octanol–water partition coefficient (Wildman–Crippen LogP) is 6.35. The highest BCUT2D eigenvalue weighted by atomic mass is 79.9. The van der Waals surface area contributed by atoms with Gasteiger partial charge in [-0.2, -0.15) is 0 Å². The number of esters is 1. The first-order valence-corrected chi connectivity index (χ1v) is 11.5. The summed E-state index contributed by atoms with van der Waals surface area (Å²) in [5, 5.41) is 10.6. The Bertz CT molecular complexity index is 1020. The topological polar surface area (TPSA) is 72.8 Å². The van der Waals surface area contributed by atoms with Gasteiger partial charge in [0, 0.05) is 28.9 Å². The second kappa shape index (κ2) is 11.3. The van der Waals surface area contributed by atoms with Gasteiger partial charge in [-0.05, 0) is 56.4 Å². The number of hydrogen-bond donors (Lipinski definition) is 1. The first kappa shape index (κ1) is 24.0. The standard InChI is InChI=1S/C25H26BrFO5/c1-16-6-5-9-20(28)8-4-2-3-7-17-12-21(14-23(29)24(17)25(30)32-16)31-15-18-10-11-19(26)13-22(18)27/h3,7,10-14,16,29H,2,4-6,8-9,15H2,1H3. The minimum absolute atomic E-state index is 0.0371. The molecule has 0 fully saturated rings. The van der Waals surface area contributed by atoms with Crippen molar-refractivity contribution in [3.63, 3.8) is 0 Å². The summed E-state index contributed by atoms with van der Waals surface area (Å²) in [5.41, 5.74) is 0.862. The maximum Gasteiger partial charge on any atom is 0.342 e. The van der Waals surface area contributed by atoms with Crippen LogP contribution in [0.4, 0.5) is 4.39 Å². The zero-order valence-electron chi connectivity index (χ0n) is 17.9. The molecule has 2 aromatic rings. The van der Waals surface area contributed by atoms with Crippen LogP contribution in [0.1, 0.15) is 66.9 Å². The molecule has 1 heterocycles. The number of phenolic OH excluding ortho intramolecular Hbond substituents is 1. The van der Waals surface area contributed by atoms with E-state index in [1.165, 1.54) is 12.1 Å². The summed E-state index contributed by atoms with van der Waals surface area (Å²) < 4.78 is 25.9. The Hall–Kier alpha value is -2.67. The Balaban J connectivity index is 1.86. The number of halogens is 2. The van der Waals surface area contributed by atoms with Gasteiger partial charge in [0.1, 0.15) is 35.3 Å². The zero-order valence-corrected chi connectivity index (χ0v) is 19.5. The van der Waals surface area contributed by atoms with Gasteiger partial charge in [-0.15, -0.1) is 0 Å². The lowest BCUT2D eigenvalue weighted by Crippen LogP contribution is -2.17. The Morgan fingerprint density at radius 1 is 1.19 bits per heavy atom. The number of ether oxygens (including phenoxy) is 2. The van der Waals surface area contributed by atoms with Gasteiger partial charge < -0.3 is 14.6 Å². The van der Waals surface area contributed by atoms with Crippen molar-refractivity contribution in [2.75, 3.05) is 0 Å². The third-order valence-corrected chi connectivity index (χ3v) is 5.73. The lowest BCUT2D eigenvalue weighted by molar-refractivity contribution is -0.119. The number of phenols is 1. The monoisotopic (exact) mass is 504 g/mol. The highest BCUT2D eigenvalue weighted by molar-refractivity contribution is 9.10. The van der Waals surface area contributed by atoms with Crippen LogP contribution < -0.4 is 4.74 Å². The number of rotatable bonds is 3. The molecular formula is C25H26BrFO5. The number of cyclic esters (lactones) is 1.